The summed E-state index contributed by atoms with van der Waals surface area (Å²) in [6.07, 6.45) is 4.71. The summed E-state index contributed by atoms with van der Waals surface area (Å²) in [5.74, 6) is -6.16. The standard InChI is InChI=1S/C45H57N13O11/c1-23(2)35(55-32(59)9-5-4-6-19-58-33(60)16-17-34(58)61)42(65)51-24(3)39(62)53-27-14-15-29(30(20-27)43(66)67)41(64)48-18-7-8-31(44(68)69)54-40(63)25-10-12-26(13-11-25)49-21-28-22-50-38-36(52-28)37(46)56-45(47)57-38/h10-17,20,22-24,31,33-35,49,60-61H,4-9,18-19,21H2,1-3H3,(H,48,64)(H,51,65)(H,53,62)(H,54,63)(H,55,59)(H,66,67)(H,68,69)(H4,46,47,50,56,57)/t24-,31-,33?,34?,35-/m0/s1. The topological polar surface area (TPSA) is 379 Å². The lowest BCUT2D eigenvalue weighted by Crippen LogP contribution is -2.53. The summed E-state index contributed by atoms with van der Waals surface area (Å²) in [7, 11) is 0. The lowest BCUT2D eigenvalue weighted by Gasteiger charge is -2.24. The van der Waals surface area contributed by atoms with E-state index >= 15 is 0 Å². The second kappa shape index (κ2) is 24.3. The van der Waals surface area contributed by atoms with Crippen LogP contribution in [0.25, 0.3) is 11.2 Å². The van der Waals surface area contributed by atoms with Crippen LogP contribution in [0.4, 0.5) is 23.1 Å². The Morgan fingerprint density at radius 3 is 2.13 bits per heavy atom. The molecule has 5 rings (SSSR count). The average molecular weight is 956 g/mol. The van der Waals surface area contributed by atoms with Gasteiger partial charge in [-0.15, -0.1) is 0 Å². The number of aromatic nitrogens is 4. The van der Waals surface area contributed by atoms with Crippen LogP contribution in [-0.2, 0) is 25.7 Å². The molecule has 24 heteroatoms. The fourth-order valence-corrected chi connectivity index (χ4v) is 7.10. The molecule has 3 heterocycles. The number of aliphatic hydroxyl groups excluding tert-OH is 2. The summed E-state index contributed by atoms with van der Waals surface area (Å²) < 4.78 is 0. The Balaban J connectivity index is 1.04. The fraction of sp³-hybridized carbons (Fsp3) is 0.400. The maximum Gasteiger partial charge on any atom is 0.336 e. The molecule has 2 unspecified atom stereocenters. The second-order valence-corrected chi connectivity index (χ2v) is 16.5. The number of aliphatic carboxylic acids is 1. The number of anilines is 4. The molecule has 4 aromatic rings. The van der Waals surface area contributed by atoms with Crippen molar-refractivity contribution in [2.45, 2.75) is 96.4 Å². The number of aromatic carboxylic acids is 1. The summed E-state index contributed by atoms with van der Waals surface area (Å²) in [6, 6.07) is 6.42. The second-order valence-electron chi connectivity index (χ2n) is 16.5. The summed E-state index contributed by atoms with van der Waals surface area (Å²) in [4.78, 5) is 107. The largest absolute Gasteiger partial charge is 0.480 e. The maximum atomic E-state index is 13.2. The molecule has 0 aliphatic carbocycles. The number of carboxylic acid groups (broad SMARTS) is 2. The molecule has 0 radical (unpaired) electrons. The minimum atomic E-state index is -1.47. The monoisotopic (exact) mass is 955 g/mol. The van der Waals surface area contributed by atoms with Gasteiger partial charge >= 0.3 is 11.9 Å². The van der Waals surface area contributed by atoms with Gasteiger partial charge < -0.3 is 63.8 Å². The van der Waals surface area contributed by atoms with Crippen molar-refractivity contribution in [3.05, 3.63) is 83.2 Å². The van der Waals surface area contributed by atoms with Gasteiger partial charge in [0.15, 0.2) is 17.0 Å². The van der Waals surface area contributed by atoms with Crippen LogP contribution in [0.15, 0.2) is 60.8 Å². The zero-order valence-electron chi connectivity index (χ0n) is 38.1. The molecule has 2 aromatic heterocycles. The molecule has 2 aromatic carbocycles. The number of carbonyl (C=O) groups is 7. The molecule has 14 N–H and O–H groups in total. The number of nitrogens with two attached hydrogens (primary N) is 2. The Labute approximate surface area is 395 Å². The lowest BCUT2D eigenvalue weighted by atomic mass is 10.0. The number of nitrogens with one attached hydrogen (secondary N) is 6. The number of nitrogen functional groups attached to an aromatic ring is 2. The quantitative estimate of drug-likeness (QED) is 0.0343. The number of hydrogen-bond acceptors (Lipinski definition) is 17. The number of carboxylic acids is 2. The molecule has 69 heavy (non-hydrogen) atoms. The summed E-state index contributed by atoms with van der Waals surface area (Å²) in [5, 5.41) is 55.4. The number of carbonyl (C=O) groups excluding carboxylic acids is 5. The number of unbranched alkanes of at least 4 members (excludes halogenated alkanes) is 2. The van der Waals surface area contributed by atoms with Crippen molar-refractivity contribution in [3.8, 4) is 0 Å². The van der Waals surface area contributed by atoms with Gasteiger partial charge in [-0.05, 0) is 93.1 Å². The van der Waals surface area contributed by atoms with Crippen LogP contribution in [0.1, 0.15) is 96.1 Å². The molecule has 0 saturated carbocycles. The van der Waals surface area contributed by atoms with Crippen LogP contribution in [0.2, 0.25) is 0 Å². The van der Waals surface area contributed by atoms with Crippen molar-refractivity contribution in [2.75, 3.05) is 35.2 Å². The number of nitrogens with zero attached hydrogens (tertiary/aromatic N) is 5. The molecule has 24 nitrogen and oxygen atoms in total. The number of fused-ring (bicyclic) bond motifs is 1. The third-order valence-corrected chi connectivity index (χ3v) is 10.9. The van der Waals surface area contributed by atoms with Gasteiger partial charge in [0.05, 0.1) is 29.6 Å². The Kier molecular flexibility index (Phi) is 18.3. The van der Waals surface area contributed by atoms with Crippen molar-refractivity contribution >= 4 is 75.8 Å². The van der Waals surface area contributed by atoms with Crippen molar-refractivity contribution in [1.82, 2.24) is 46.1 Å². The molecular weight excluding hydrogens is 899 g/mol. The van der Waals surface area contributed by atoms with E-state index < -0.39 is 71.7 Å². The van der Waals surface area contributed by atoms with Crippen LogP contribution in [0.5, 0.6) is 0 Å². The smallest absolute Gasteiger partial charge is 0.336 e. The van der Waals surface area contributed by atoms with Crippen molar-refractivity contribution in [2.24, 2.45) is 5.92 Å². The normalized spacial score (nSPS) is 15.7. The van der Waals surface area contributed by atoms with E-state index in [1.165, 1.54) is 54.4 Å². The Bertz CT molecular complexity index is 2550. The van der Waals surface area contributed by atoms with E-state index in [-0.39, 0.29) is 78.4 Å². The molecule has 0 saturated heterocycles. The Morgan fingerprint density at radius 1 is 0.768 bits per heavy atom. The van der Waals surface area contributed by atoms with E-state index in [0.717, 1.165) is 6.07 Å². The third kappa shape index (κ3) is 14.8. The van der Waals surface area contributed by atoms with E-state index in [4.69, 9.17) is 11.5 Å². The molecular formula is C45H57N13O11. The Morgan fingerprint density at radius 2 is 1.46 bits per heavy atom. The summed E-state index contributed by atoms with van der Waals surface area (Å²) in [6.45, 7) is 5.47. The third-order valence-electron chi connectivity index (χ3n) is 10.9. The molecule has 0 bridgehead atoms. The maximum absolute atomic E-state index is 13.2. The highest BCUT2D eigenvalue weighted by atomic mass is 16.4. The summed E-state index contributed by atoms with van der Waals surface area (Å²) >= 11 is 0. The molecule has 1 aliphatic rings. The highest BCUT2D eigenvalue weighted by Gasteiger charge is 2.28. The zero-order chi connectivity index (χ0) is 50.4. The highest BCUT2D eigenvalue weighted by Crippen LogP contribution is 2.19. The molecule has 5 atom stereocenters. The van der Waals surface area contributed by atoms with Crippen LogP contribution in [0.3, 0.4) is 0 Å². The van der Waals surface area contributed by atoms with Gasteiger partial charge in [0, 0.05) is 36.4 Å². The minimum Gasteiger partial charge on any atom is -0.480 e. The molecule has 368 valence electrons. The van der Waals surface area contributed by atoms with Crippen molar-refractivity contribution in [1.29, 1.82) is 0 Å². The van der Waals surface area contributed by atoms with E-state index in [1.54, 1.807) is 26.0 Å². The first-order valence-corrected chi connectivity index (χ1v) is 22.1. The first kappa shape index (κ1) is 52.1. The lowest BCUT2D eigenvalue weighted by molar-refractivity contribution is -0.139. The number of aliphatic hydroxyl groups is 2. The van der Waals surface area contributed by atoms with Gasteiger partial charge in [0.25, 0.3) is 11.8 Å². The SMILES string of the molecule is CC(C)[C@H](NC(=O)CCCCCN1C(O)C=CC1O)C(=O)N[C@@H](C)C(=O)Nc1ccc(C(=O)NCCC[C@H](NC(=O)c2ccc(NCc3cnc4nc(N)nc(N)c4n3)cc2)C(=O)O)c(C(=O)O)c1. The highest BCUT2D eigenvalue weighted by molar-refractivity contribution is 6.06. The molecule has 0 fully saturated rings. The number of hydrogen-bond donors (Lipinski definition) is 12. The minimum absolute atomic E-state index is 0.0177. The van der Waals surface area contributed by atoms with Gasteiger partial charge in [-0.2, -0.15) is 9.97 Å². The first-order valence-electron chi connectivity index (χ1n) is 22.1. The van der Waals surface area contributed by atoms with Crippen molar-refractivity contribution < 1.29 is 54.0 Å². The number of benzene rings is 2. The van der Waals surface area contributed by atoms with Gasteiger partial charge in [-0.3, -0.25) is 24.0 Å². The van der Waals surface area contributed by atoms with Crippen LogP contribution in [-0.4, -0.2) is 130 Å². The van der Waals surface area contributed by atoms with E-state index in [2.05, 4.69) is 51.8 Å². The molecule has 1 aliphatic heterocycles. The molecule has 5 amide bonds. The van der Waals surface area contributed by atoms with Crippen LogP contribution < -0.4 is 43.4 Å². The molecule has 0 spiro atoms. The van der Waals surface area contributed by atoms with Crippen LogP contribution >= 0.6 is 0 Å². The average Bonchev–Trinajstić information content (AvgIpc) is 3.63. The van der Waals surface area contributed by atoms with Crippen molar-refractivity contribution in [3.63, 3.8) is 0 Å². The van der Waals surface area contributed by atoms with Gasteiger partial charge in [0.2, 0.25) is 23.7 Å². The predicted molar refractivity (Wildman–Crippen MR) is 251 cm³/mol. The van der Waals surface area contributed by atoms with E-state index in [1.807, 2.05) is 0 Å². The van der Waals surface area contributed by atoms with Crippen LogP contribution in [0, 0.1) is 5.92 Å². The van der Waals surface area contributed by atoms with E-state index in [9.17, 15) is 54.0 Å². The Hall–Kier alpha value is -7.83. The first-order chi connectivity index (χ1) is 32.8. The number of amides is 5. The number of rotatable bonds is 24. The van der Waals surface area contributed by atoms with Gasteiger partial charge in [-0.25, -0.2) is 24.5 Å². The van der Waals surface area contributed by atoms with Gasteiger partial charge in [-0.1, -0.05) is 20.3 Å². The predicted octanol–water partition coefficient (Wildman–Crippen LogP) is 0.941. The summed E-state index contributed by atoms with van der Waals surface area (Å²) in [5.41, 5.74) is 12.7. The fourth-order valence-electron chi connectivity index (χ4n) is 7.10. The van der Waals surface area contributed by atoms with E-state index in [0.29, 0.717) is 42.7 Å². The van der Waals surface area contributed by atoms with Gasteiger partial charge in [0.1, 0.15) is 30.6 Å². The zero-order valence-corrected chi connectivity index (χ0v) is 38.1.